The van der Waals surface area contributed by atoms with E-state index < -0.39 is 5.97 Å². The summed E-state index contributed by atoms with van der Waals surface area (Å²) in [5, 5.41) is 13.6. The zero-order valence-corrected chi connectivity index (χ0v) is 12.6. The second kappa shape index (κ2) is 6.13. The molecule has 0 aliphatic carbocycles. The Balaban J connectivity index is 2.37. The molecule has 0 amide bonds. The third-order valence-electron chi connectivity index (χ3n) is 2.91. The van der Waals surface area contributed by atoms with Crippen LogP contribution in [0.5, 0.6) is 0 Å². The lowest BCUT2D eigenvalue weighted by atomic mass is 10.1. The van der Waals surface area contributed by atoms with Crippen LogP contribution in [0.25, 0.3) is 11.3 Å². The van der Waals surface area contributed by atoms with E-state index in [0.29, 0.717) is 5.69 Å². The predicted molar refractivity (Wildman–Crippen MR) is 81.4 cm³/mol. The van der Waals surface area contributed by atoms with Gasteiger partial charge in [-0.05, 0) is 37.8 Å². The highest BCUT2D eigenvalue weighted by Gasteiger charge is 2.17. The van der Waals surface area contributed by atoms with Gasteiger partial charge in [0.2, 0.25) is 0 Å². The van der Waals surface area contributed by atoms with Gasteiger partial charge in [0.1, 0.15) is 5.69 Å². The van der Waals surface area contributed by atoms with E-state index in [4.69, 9.17) is 0 Å². The first-order chi connectivity index (χ1) is 9.52. The van der Waals surface area contributed by atoms with Crippen molar-refractivity contribution in [3.8, 4) is 11.3 Å². The Kier molecular flexibility index (Phi) is 4.49. The van der Waals surface area contributed by atoms with Crippen molar-refractivity contribution in [1.29, 1.82) is 0 Å². The van der Waals surface area contributed by atoms with E-state index in [9.17, 15) is 9.90 Å². The van der Waals surface area contributed by atoms with Crippen molar-refractivity contribution in [3.05, 3.63) is 36.0 Å². The second-order valence-corrected chi connectivity index (χ2v) is 6.05. The van der Waals surface area contributed by atoms with Gasteiger partial charge in [-0.3, -0.25) is 4.68 Å². The minimum Gasteiger partial charge on any atom is -0.477 e. The molecular formula is C15H18N2O2S. The number of nitrogens with zero attached hydrogens (tertiary/aromatic N) is 2. The van der Waals surface area contributed by atoms with Crippen molar-refractivity contribution in [3.63, 3.8) is 0 Å². The van der Waals surface area contributed by atoms with E-state index in [2.05, 4.69) is 12.0 Å². The molecule has 0 unspecified atom stereocenters. The van der Waals surface area contributed by atoms with Crippen molar-refractivity contribution in [2.45, 2.75) is 31.7 Å². The van der Waals surface area contributed by atoms with Crippen LogP contribution >= 0.6 is 11.8 Å². The number of thioether (sulfide) groups is 1. The molecule has 0 radical (unpaired) electrons. The molecule has 0 saturated heterocycles. The van der Waals surface area contributed by atoms with E-state index in [-0.39, 0.29) is 11.7 Å². The van der Waals surface area contributed by atoms with Crippen LogP contribution in [-0.2, 0) is 0 Å². The highest BCUT2D eigenvalue weighted by molar-refractivity contribution is 7.99. The molecule has 0 aliphatic rings. The van der Waals surface area contributed by atoms with Crippen molar-refractivity contribution in [1.82, 2.24) is 9.78 Å². The van der Waals surface area contributed by atoms with Crippen LogP contribution in [-0.4, -0.2) is 26.6 Å². The third kappa shape index (κ3) is 3.04. The summed E-state index contributed by atoms with van der Waals surface area (Å²) in [6.45, 7) is 5.95. The number of rotatable bonds is 5. The summed E-state index contributed by atoms with van der Waals surface area (Å²) in [5.74, 6) is 0.0837. The quantitative estimate of drug-likeness (QED) is 0.847. The maximum absolute atomic E-state index is 11.2. The molecule has 1 N–H and O–H groups in total. The molecule has 20 heavy (non-hydrogen) atoms. The molecule has 2 rings (SSSR count). The number of hydrogen-bond donors (Lipinski definition) is 1. The van der Waals surface area contributed by atoms with Crippen LogP contribution in [0.4, 0.5) is 0 Å². The Labute approximate surface area is 122 Å². The molecule has 0 aliphatic heterocycles. The molecule has 106 valence electrons. The van der Waals surface area contributed by atoms with Crippen LogP contribution < -0.4 is 0 Å². The number of benzene rings is 1. The molecule has 0 bridgehead atoms. The molecule has 1 heterocycles. The lowest BCUT2D eigenvalue weighted by Gasteiger charge is -2.07. The predicted octanol–water partition coefficient (Wildman–Crippen LogP) is 3.94. The van der Waals surface area contributed by atoms with Gasteiger partial charge in [-0.2, -0.15) is 5.10 Å². The summed E-state index contributed by atoms with van der Waals surface area (Å²) < 4.78 is 1.55. The Morgan fingerprint density at radius 2 is 2.00 bits per heavy atom. The van der Waals surface area contributed by atoms with Gasteiger partial charge in [0.15, 0.2) is 0 Å². The number of carbonyl (C=O) groups is 1. The van der Waals surface area contributed by atoms with E-state index in [1.54, 1.807) is 22.5 Å². The van der Waals surface area contributed by atoms with E-state index in [1.165, 1.54) is 4.90 Å². The molecule has 0 spiro atoms. The first-order valence-electron chi connectivity index (χ1n) is 6.59. The summed E-state index contributed by atoms with van der Waals surface area (Å²) >= 11 is 1.78. The van der Waals surface area contributed by atoms with Crippen LogP contribution in [0.2, 0.25) is 0 Å². The first-order valence-corrected chi connectivity index (χ1v) is 7.57. The number of aromatic carboxylic acids is 1. The topological polar surface area (TPSA) is 55.1 Å². The Morgan fingerprint density at radius 3 is 2.45 bits per heavy atom. The van der Waals surface area contributed by atoms with Gasteiger partial charge < -0.3 is 5.11 Å². The maximum Gasteiger partial charge on any atom is 0.354 e. The lowest BCUT2D eigenvalue weighted by molar-refractivity contribution is 0.0681. The van der Waals surface area contributed by atoms with Crippen molar-refractivity contribution >= 4 is 17.7 Å². The van der Waals surface area contributed by atoms with Crippen LogP contribution in [0, 0.1) is 0 Å². The van der Waals surface area contributed by atoms with E-state index >= 15 is 0 Å². The fourth-order valence-electron chi connectivity index (χ4n) is 1.98. The van der Waals surface area contributed by atoms with Crippen molar-refractivity contribution in [2.24, 2.45) is 0 Å². The van der Waals surface area contributed by atoms with Gasteiger partial charge in [-0.15, -0.1) is 11.8 Å². The molecule has 5 heteroatoms. The van der Waals surface area contributed by atoms with Crippen LogP contribution in [0.15, 0.2) is 35.2 Å². The number of carboxylic acids is 1. The second-order valence-electron chi connectivity index (χ2n) is 4.72. The number of aromatic nitrogens is 2. The van der Waals surface area contributed by atoms with Crippen molar-refractivity contribution in [2.75, 3.05) is 5.75 Å². The maximum atomic E-state index is 11.2. The normalized spacial score (nSPS) is 11.0. The van der Waals surface area contributed by atoms with Gasteiger partial charge in [0, 0.05) is 16.5 Å². The van der Waals surface area contributed by atoms with E-state index in [0.717, 1.165) is 11.3 Å². The molecule has 0 atom stereocenters. The first kappa shape index (κ1) is 14.7. The summed E-state index contributed by atoms with van der Waals surface area (Å²) in [7, 11) is 0. The fraction of sp³-hybridized carbons (Fsp3) is 0.333. The monoisotopic (exact) mass is 290 g/mol. The van der Waals surface area contributed by atoms with Gasteiger partial charge in [0.05, 0.1) is 5.69 Å². The molecule has 1 aromatic heterocycles. The standard InChI is InChI=1S/C15H18N2O2S/c1-4-20-12-7-5-11(6-8-12)13-9-14(15(18)19)17(16-13)10(2)3/h5-10H,4H2,1-3H3,(H,18,19). The molecule has 0 fully saturated rings. The average molecular weight is 290 g/mol. The Bertz CT molecular complexity index is 603. The van der Waals surface area contributed by atoms with Crippen LogP contribution in [0.1, 0.15) is 37.3 Å². The summed E-state index contributed by atoms with van der Waals surface area (Å²) in [6.07, 6.45) is 0. The Morgan fingerprint density at radius 1 is 1.35 bits per heavy atom. The summed E-state index contributed by atoms with van der Waals surface area (Å²) in [5.41, 5.74) is 1.86. The molecule has 2 aromatic rings. The molecular weight excluding hydrogens is 272 g/mol. The fourth-order valence-corrected chi connectivity index (χ4v) is 2.64. The zero-order valence-electron chi connectivity index (χ0n) is 11.8. The average Bonchev–Trinajstić information content (AvgIpc) is 2.85. The van der Waals surface area contributed by atoms with Gasteiger partial charge in [0.25, 0.3) is 0 Å². The molecule has 1 aromatic carbocycles. The number of carboxylic acid groups (broad SMARTS) is 1. The zero-order chi connectivity index (χ0) is 14.7. The van der Waals surface area contributed by atoms with E-state index in [1.807, 2.05) is 38.1 Å². The summed E-state index contributed by atoms with van der Waals surface area (Å²) in [4.78, 5) is 12.5. The lowest BCUT2D eigenvalue weighted by Crippen LogP contribution is -2.11. The molecule has 0 saturated carbocycles. The minimum atomic E-state index is -0.949. The van der Waals surface area contributed by atoms with Gasteiger partial charge >= 0.3 is 5.97 Å². The number of hydrogen-bond acceptors (Lipinski definition) is 3. The van der Waals surface area contributed by atoms with Gasteiger partial charge in [-0.25, -0.2) is 4.79 Å². The minimum absolute atomic E-state index is 0.0183. The highest BCUT2D eigenvalue weighted by atomic mass is 32.2. The smallest absolute Gasteiger partial charge is 0.354 e. The third-order valence-corrected chi connectivity index (χ3v) is 3.80. The summed E-state index contributed by atoms with van der Waals surface area (Å²) in [6, 6.07) is 9.69. The Hall–Kier alpha value is -1.75. The SMILES string of the molecule is CCSc1ccc(-c2cc(C(=O)O)n(C(C)C)n2)cc1. The van der Waals surface area contributed by atoms with Crippen LogP contribution in [0.3, 0.4) is 0 Å². The highest BCUT2D eigenvalue weighted by Crippen LogP contribution is 2.25. The molecule has 4 nitrogen and oxygen atoms in total. The van der Waals surface area contributed by atoms with Gasteiger partial charge in [-0.1, -0.05) is 19.1 Å². The largest absolute Gasteiger partial charge is 0.477 e. The van der Waals surface area contributed by atoms with Crippen molar-refractivity contribution < 1.29 is 9.90 Å².